The molecule has 3 rings (SSSR count). The van der Waals surface area contributed by atoms with Crippen molar-refractivity contribution in [2.75, 3.05) is 0 Å². The fourth-order valence-corrected chi connectivity index (χ4v) is 3.33. The fourth-order valence-electron chi connectivity index (χ4n) is 2.46. The standard InChI is InChI=1S/C14H10Br2O/c15-10-3-4-12-9(6-10)5-8-1-2-11(16)7-13(8)14(12)17/h1-4,6-8,11H,5H2. The number of allylic oxidation sites excluding steroid dienone is 4. The van der Waals surface area contributed by atoms with Crippen molar-refractivity contribution in [3.05, 3.63) is 57.6 Å². The van der Waals surface area contributed by atoms with Crippen LogP contribution in [-0.4, -0.2) is 10.6 Å². The van der Waals surface area contributed by atoms with E-state index in [1.165, 1.54) is 0 Å². The predicted octanol–water partition coefficient (Wildman–Crippen LogP) is 4.06. The van der Waals surface area contributed by atoms with Gasteiger partial charge in [-0.15, -0.1) is 0 Å². The van der Waals surface area contributed by atoms with E-state index in [2.05, 4.69) is 50.1 Å². The highest BCUT2D eigenvalue weighted by molar-refractivity contribution is 9.10. The van der Waals surface area contributed by atoms with E-state index in [0.717, 1.165) is 27.6 Å². The van der Waals surface area contributed by atoms with Crippen LogP contribution in [0.25, 0.3) is 0 Å². The largest absolute Gasteiger partial charge is 0.289 e. The number of rotatable bonds is 0. The summed E-state index contributed by atoms with van der Waals surface area (Å²) in [6, 6.07) is 5.90. The number of alkyl halides is 1. The number of halogens is 2. The third-order valence-corrected chi connectivity index (χ3v) is 4.34. The lowest BCUT2D eigenvalue weighted by molar-refractivity contribution is 0.101. The molecule has 2 aliphatic carbocycles. The van der Waals surface area contributed by atoms with Gasteiger partial charge in [-0.1, -0.05) is 50.1 Å². The first kappa shape index (κ1) is 11.4. The summed E-state index contributed by atoms with van der Waals surface area (Å²) in [6.45, 7) is 0. The van der Waals surface area contributed by atoms with Crippen LogP contribution in [-0.2, 0) is 6.42 Å². The highest BCUT2D eigenvalue weighted by Gasteiger charge is 2.30. The van der Waals surface area contributed by atoms with Crippen LogP contribution in [0.4, 0.5) is 0 Å². The molecule has 0 spiro atoms. The summed E-state index contributed by atoms with van der Waals surface area (Å²) in [7, 11) is 0. The van der Waals surface area contributed by atoms with E-state index in [0.29, 0.717) is 0 Å². The van der Waals surface area contributed by atoms with Crippen LogP contribution in [0.15, 0.2) is 46.5 Å². The SMILES string of the molecule is O=C1C2=CC(Br)C=CC2Cc2cc(Br)ccc21. The normalized spacial score (nSPS) is 26.2. The Morgan fingerprint density at radius 2 is 2.06 bits per heavy atom. The number of hydrogen-bond acceptors (Lipinski definition) is 1. The van der Waals surface area contributed by atoms with Crippen molar-refractivity contribution in [2.45, 2.75) is 11.2 Å². The van der Waals surface area contributed by atoms with Gasteiger partial charge in [0.05, 0.1) is 4.83 Å². The minimum absolute atomic E-state index is 0.178. The van der Waals surface area contributed by atoms with Gasteiger partial charge in [-0.2, -0.15) is 0 Å². The van der Waals surface area contributed by atoms with Gasteiger partial charge in [0.2, 0.25) is 0 Å². The van der Waals surface area contributed by atoms with Crippen LogP contribution < -0.4 is 0 Å². The molecule has 86 valence electrons. The molecular formula is C14H10Br2O. The van der Waals surface area contributed by atoms with Gasteiger partial charge in [0.1, 0.15) is 0 Å². The lowest BCUT2D eigenvalue weighted by Gasteiger charge is -2.27. The van der Waals surface area contributed by atoms with Crippen LogP contribution in [0.5, 0.6) is 0 Å². The van der Waals surface area contributed by atoms with Crippen LogP contribution in [0.1, 0.15) is 15.9 Å². The fraction of sp³-hybridized carbons (Fsp3) is 0.214. The minimum Gasteiger partial charge on any atom is -0.289 e. The summed E-state index contributed by atoms with van der Waals surface area (Å²) in [4.78, 5) is 12.6. The van der Waals surface area contributed by atoms with Crippen LogP contribution in [0, 0.1) is 5.92 Å². The van der Waals surface area contributed by atoms with E-state index < -0.39 is 0 Å². The molecule has 1 nitrogen and oxygen atoms in total. The van der Waals surface area contributed by atoms with Gasteiger partial charge in [0.25, 0.3) is 0 Å². The summed E-state index contributed by atoms with van der Waals surface area (Å²) in [5, 5.41) is 0. The number of benzene rings is 1. The van der Waals surface area contributed by atoms with Crippen molar-refractivity contribution in [2.24, 2.45) is 5.92 Å². The maximum atomic E-state index is 12.4. The molecule has 0 amide bonds. The first-order valence-electron chi connectivity index (χ1n) is 5.52. The molecule has 0 aliphatic heterocycles. The van der Waals surface area contributed by atoms with Crippen LogP contribution in [0.2, 0.25) is 0 Å². The van der Waals surface area contributed by atoms with Crippen molar-refractivity contribution < 1.29 is 4.79 Å². The molecule has 0 fully saturated rings. The summed E-state index contributed by atoms with van der Waals surface area (Å²) in [6.07, 6.45) is 7.18. The first-order valence-corrected chi connectivity index (χ1v) is 7.23. The average molecular weight is 354 g/mol. The molecule has 0 saturated heterocycles. The Bertz CT molecular complexity index is 557. The molecule has 0 saturated carbocycles. The lowest BCUT2D eigenvalue weighted by Crippen LogP contribution is -2.25. The Balaban J connectivity index is 2.12. The van der Waals surface area contributed by atoms with E-state index in [9.17, 15) is 4.79 Å². The zero-order valence-corrected chi connectivity index (χ0v) is 12.2. The minimum atomic E-state index is 0.178. The van der Waals surface area contributed by atoms with Crippen molar-refractivity contribution in [1.29, 1.82) is 0 Å². The van der Waals surface area contributed by atoms with Crippen LogP contribution in [0.3, 0.4) is 0 Å². The van der Waals surface area contributed by atoms with E-state index in [1.54, 1.807) is 0 Å². The summed E-state index contributed by atoms with van der Waals surface area (Å²) < 4.78 is 1.04. The Hall–Kier alpha value is -0.670. The van der Waals surface area contributed by atoms with Gasteiger partial charge >= 0.3 is 0 Å². The Labute approximate surface area is 117 Å². The molecule has 17 heavy (non-hydrogen) atoms. The summed E-state index contributed by atoms with van der Waals surface area (Å²) >= 11 is 6.96. The lowest BCUT2D eigenvalue weighted by atomic mass is 9.77. The summed E-state index contributed by atoms with van der Waals surface area (Å²) in [5.74, 6) is 0.427. The molecule has 0 heterocycles. The Kier molecular flexibility index (Phi) is 2.83. The van der Waals surface area contributed by atoms with Crippen molar-refractivity contribution >= 4 is 37.6 Å². The summed E-state index contributed by atoms with van der Waals surface area (Å²) in [5.41, 5.74) is 2.93. The van der Waals surface area contributed by atoms with Gasteiger partial charge in [-0.3, -0.25) is 4.79 Å². The number of hydrogen-bond donors (Lipinski definition) is 0. The molecule has 1 aromatic carbocycles. The number of carbonyl (C=O) groups is 1. The quantitative estimate of drug-likeness (QED) is 0.507. The predicted molar refractivity (Wildman–Crippen MR) is 75.6 cm³/mol. The molecular weight excluding hydrogens is 344 g/mol. The highest BCUT2D eigenvalue weighted by atomic mass is 79.9. The van der Waals surface area contributed by atoms with Gasteiger partial charge in [-0.05, 0) is 30.2 Å². The Morgan fingerprint density at radius 1 is 1.24 bits per heavy atom. The topological polar surface area (TPSA) is 17.1 Å². The second-order valence-electron chi connectivity index (χ2n) is 4.39. The van der Waals surface area contributed by atoms with Gasteiger partial charge in [-0.25, -0.2) is 0 Å². The number of Topliss-reactive ketones (excluding diaryl/α,β-unsaturated/α-hetero) is 1. The van der Waals surface area contributed by atoms with Crippen molar-refractivity contribution in [3.8, 4) is 0 Å². The molecule has 2 aliphatic rings. The van der Waals surface area contributed by atoms with Gasteiger partial charge in [0, 0.05) is 21.5 Å². The molecule has 0 radical (unpaired) electrons. The zero-order chi connectivity index (χ0) is 12.0. The second-order valence-corrected chi connectivity index (χ2v) is 6.37. The van der Waals surface area contributed by atoms with Crippen LogP contribution >= 0.6 is 31.9 Å². The van der Waals surface area contributed by atoms with Gasteiger partial charge in [0.15, 0.2) is 5.78 Å². The smallest absolute Gasteiger partial charge is 0.189 e. The number of carbonyl (C=O) groups excluding carboxylic acids is 1. The monoisotopic (exact) mass is 352 g/mol. The van der Waals surface area contributed by atoms with E-state index >= 15 is 0 Å². The molecule has 0 aromatic heterocycles. The van der Waals surface area contributed by atoms with E-state index in [-0.39, 0.29) is 16.5 Å². The molecule has 1 aromatic rings. The molecule has 2 atom stereocenters. The number of fused-ring (bicyclic) bond motifs is 2. The zero-order valence-electron chi connectivity index (χ0n) is 8.99. The molecule has 3 heteroatoms. The Morgan fingerprint density at radius 3 is 2.88 bits per heavy atom. The van der Waals surface area contributed by atoms with E-state index in [1.807, 2.05) is 18.2 Å². The number of ketones is 1. The highest BCUT2D eigenvalue weighted by Crippen LogP contribution is 2.35. The van der Waals surface area contributed by atoms with Crippen molar-refractivity contribution in [1.82, 2.24) is 0 Å². The average Bonchev–Trinajstić information content (AvgIpc) is 2.30. The maximum absolute atomic E-state index is 12.4. The van der Waals surface area contributed by atoms with Gasteiger partial charge < -0.3 is 0 Å². The van der Waals surface area contributed by atoms with Crippen molar-refractivity contribution in [3.63, 3.8) is 0 Å². The second kappa shape index (κ2) is 4.21. The molecule has 0 bridgehead atoms. The third kappa shape index (κ3) is 1.95. The third-order valence-electron chi connectivity index (χ3n) is 3.28. The first-order chi connectivity index (χ1) is 8.15. The molecule has 0 N–H and O–H groups in total. The molecule has 2 unspecified atom stereocenters. The maximum Gasteiger partial charge on any atom is 0.189 e. The van der Waals surface area contributed by atoms with E-state index in [4.69, 9.17) is 0 Å².